The van der Waals surface area contributed by atoms with Crippen LogP contribution in [0.25, 0.3) is 0 Å². The van der Waals surface area contributed by atoms with Crippen molar-refractivity contribution in [3.8, 4) is 12.1 Å². The monoisotopic (exact) mass is 536 g/mol. The van der Waals surface area contributed by atoms with Gasteiger partial charge in [0.2, 0.25) is 11.8 Å². The maximum atomic E-state index is 12.5. The van der Waals surface area contributed by atoms with Crippen LogP contribution >= 0.6 is 22.7 Å². The van der Waals surface area contributed by atoms with Crippen LogP contribution in [0, 0.1) is 34.5 Å². The summed E-state index contributed by atoms with van der Waals surface area (Å²) in [4.78, 5) is 27.4. The van der Waals surface area contributed by atoms with Crippen molar-refractivity contribution in [3.63, 3.8) is 0 Å². The highest BCUT2D eigenvalue weighted by atomic mass is 32.1. The smallest absolute Gasteiger partial charge is 0.225 e. The number of fused-ring (bicyclic) bond motifs is 2. The molecule has 2 heterocycles. The highest BCUT2D eigenvalue weighted by Crippen LogP contribution is 2.40. The van der Waals surface area contributed by atoms with Crippen LogP contribution in [0.15, 0.2) is 0 Å². The van der Waals surface area contributed by atoms with Gasteiger partial charge >= 0.3 is 0 Å². The van der Waals surface area contributed by atoms with Crippen LogP contribution in [0.1, 0.15) is 104 Å². The zero-order valence-corrected chi connectivity index (χ0v) is 23.5. The third kappa shape index (κ3) is 6.80. The summed E-state index contributed by atoms with van der Waals surface area (Å²) in [6.45, 7) is 4.47. The summed E-state index contributed by atoms with van der Waals surface area (Å²) < 4.78 is 0. The molecule has 4 rings (SSSR count). The van der Waals surface area contributed by atoms with E-state index >= 15 is 0 Å². The number of unbranched alkanes of at least 4 members (excludes halogenated alkanes) is 4. The Kier molecular flexibility index (Phi) is 9.40. The molecule has 6 nitrogen and oxygen atoms in total. The Balaban J connectivity index is 1.12. The number of thiophene rings is 2. The Morgan fingerprint density at radius 1 is 0.757 bits per heavy atom. The number of amides is 2. The molecule has 8 heteroatoms. The Bertz CT molecular complexity index is 1140. The number of anilines is 2. The van der Waals surface area contributed by atoms with Gasteiger partial charge in [0.15, 0.2) is 0 Å². The molecule has 2 aromatic rings. The van der Waals surface area contributed by atoms with Gasteiger partial charge in [0, 0.05) is 22.6 Å². The second-order valence-corrected chi connectivity index (χ2v) is 12.9. The van der Waals surface area contributed by atoms with Gasteiger partial charge in [0.25, 0.3) is 0 Å². The molecule has 37 heavy (non-hydrogen) atoms. The quantitative estimate of drug-likeness (QED) is 0.316. The lowest BCUT2D eigenvalue weighted by molar-refractivity contribution is -0.117. The second kappa shape index (κ2) is 12.7. The maximum absolute atomic E-state index is 12.5. The van der Waals surface area contributed by atoms with Gasteiger partial charge in [-0.2, -0.15) is 10.5 Å². The largest absolute Gasteiger partial charge is 0.317 e. The summed E-state index contributed by atoms with van der Waals surface area (Å²) >= 11 is 3.15. The zero-order valence-electron chi connectivity index (χ0n) is 21.9. The molecule has 2 atom stereocenters. The van der Waals surface area contributed by atoms with Crippen molar-refractivity contribution in [1.82, 2.24) is 0 Å². The Morgan fingerprint density at radius 2 is 1.16 bits per heavy atom. The number of nitrogens with one attached hydrogen (secondary N) is 2. The Morgan fingerprint density at radius 3 is 1.57 bits per heavy atom. The number of carbonyl (C=O) groups is 2. The summed E-state index contributed by atoms with van der Waals surface area (Å²) in [5.74, 6) is 1.21. The molecular formula is C29H36N4O2S2. The molecule has 0 fully saturated rings. The molecule has 0 radical (unpaired) electrons. The molecule has 2 aliphatic rings. The molecule has 0 saturated carbocycles. The van der Waals surface area contributed by atoms with Crippen molar-refractivity contribution in [2.24, 2.45) is 11.8 Å². The predicted octanol–water partition coefficient (Wildman–Crippen LogP) is 7.11. The van der Waals surface area contributed by atoms with Gasteiger partial charge in [0.1, 0.15) is 22.1 Å². The van der Waals surface area contributed by atoms with Crippen molar-refractivity contribution in [2.75, 3.05) is 10.6 Å². The van der Waals surface area contributed by atoms with Gasteiger partial charge in [-0.1, -0.05) is 33.1 Å². The zero-order chi connectivity index (χ0) is 26.4. The van der Waals surface area contributed by atoms with E-state index in [0.717, 1.165) is 91.8 Å². The molecule has 0 saturated heterocycles. The van der Waals surface area contributed by atoms with E-state index in [0.29, 0.717) is 35.8 Å². The summed E-state index contributed by atoms with van der Waals surface area (Å²) in [5, 5.41) is 26.6. The molecule has 2 aliphatic carbocycles. The normalized spacial score (nSPS) is 18.3. The number of hydrogen-bond acceptors (Lipinski definition) is 6. The average Bonchev–Trinajstić information content (AvgIpc) is 3.38. The molecule has 2 N–H and O–H groups in total. The Labute approximate surface area is 228 Å². The minimum absolute atomic E-state index is 0.0242. The molecule has 196 valence electrons. The third-order valence-corrected chi connectivity index (χ3v) is 9.90. The van der Waals surface area contributed by atoms with Crippen molar-refractivity contribution in [3.05, 3.63) is 32.0 Å². The van der Waals surface area contributed by atoms with Gasteiger partial charge in [-0.25, -0.2) is 0 Å². The first-order chi connectivity index (χ1) is 17.9. The molecule has 0 spiro atoms. The number of carbonyl (C=O) groups excluding carboxylic acids is 2. The fourth-order valence-corrected chi connectivity index (χ4v) is 8.15. The lowest BCUT2D eigenvalue weighted by Crippen LogP contribution is -2.12. The van der Waals surface area contributed by atoms with E-state index in [2.05, 4.69) is 36.6 Å². The molecule has 2 aromatic heterocycles. The van der Waals surface area contributed by atoms with E-state index < -0.39 is 0 Å². The van der Waals surface area contributed by atoms with Crippen LogP contribution < -0.4 is 10.6 Å². The van der Waals surface area contributed by atoms with Crippen LogP contribution in [0.4, 0.5) is 10.0 Å². The van der Waals surface area contributed by atoms with Crippen LogP contribution in [0.5, 0.6) is 0 Å². The summed E-state index contributed by atoms with van der Waals surface area (Å²) in [6.07, 6.45) is 11.4. The van der Waals surface area contributed by atoms with Gasteiger partial charge in [0.05, 0.1) is 11.1 Å². The standard InChI is InChI=1S/C29H36N4O2S2/c1-18-10-12-20-22(16-30)28(36-24(20)14-18)32-26(34)8-6-4-3-5-7-9-27(35)33-29-23(17-31)21-13-11-19(2)15-25(21)37-29/h18-19H,3-15H2,1-2H3,(H,32,34)(H,33,35)/t18-,19-/m1/s1. The van der Waals surface area contributed by atoms with Crippen LogP contribution in [-0.4, -0.2) is 11.8 Å². The van der Waals surface area contributed by atoms with Crippen molar-refractivity contribution in [1.29, 1.82) is 10.5 Å². The highest BCUT2D eigenvalue weighted by Gasteiger charge is 2.25. The first kappa shape index (κ1) is 27.4. The van der Waals surface area contributed by atoms with Gasteiger partial charge in [-0.05, 0) is 74.3 Å². The van der Waals surface area contributed by atoms with Crippen LogP contribution in [-0.2, 0) is 35.3 Å². The van der Waals surface area contributed by atoms with E-state index in [1.165, 1.54) is 9.75 Å². The van der Waals surface area contributed by atoms with Crippen LogP contribution in [0.2, 0.25) is 0 Å². The predicted molar refractivity (Wildman–Crippen MR) is 150 cm³/mol. The summed E-state index contributed by atoms with van der Waals surface area (Å²) in [6, 6.07) is 4.61. The molecule has 0 unspecified atom stereocenters. The summed E-state index contributed by atoms with van der Waals surface area (Å²) in [7, 11) is 0. The number of hydrogen-bond donors (Lipinski definition) is 2. The molecule has 0 aromatic carbocycles. The fraction of sp³-hybridized carbons (Fsp3) is 0.586. The minimum atomic E-state index is -0.0242. The Hall–Kier alpha value is -2.68. The van der Waals surface area contributed by atoms with E-state index in [-0.39, 0.29) is 11.8 Å². The lowest BCUT2D eigenvalue weighted by Gasteiger charge is -2.17. The van der Waals surface area contributed by atoms with Crippen molar-refractivity contribution < 1.29 is 9.59 Å². The van der Waals surface area contributed by atoms with E-state index in [1.807, 2.05) is 0 Å². The number of rotatable bonds is 10. The van der Waals surface area contributed by atoms with Crippen LogP contribution in [0.3, 0.4) is 0 Å². The average molecular weight is 537 g/mol. The maximum Gasteiger partial charge on any atom is 0.225 e. The first-order valence-electron chi connectivity index (χ1n) is 13.6. The minimum Gasteiger partial charge on any atom is -0.317 e. The van der Waals surface area contributed by atoms with Gasteiger partial charge in [-0.15, -0.1) is 22.7 Å². The molecule has 0 bridgehead atoms. The SMILES string of the molecule is C[C@@H]1CCc2c(sc(NC(=O)CCCCCCCC(=O)Nc3sc4c(c3C#N)CC[C@@H](C)C4)c2C#N)C1. The van der Waals surface area contributed by atoms with Gasteiger partial charge < -0.3 is 10.6 Å². The van der Waals surface area contributed by atoms with Crippen molar-refractivity contribution in [2.45, 2.75) is 97.3 Å². The van der Waals surface area contributed by atoms with Gasteiger partial charge in [-0.3, -0.25) is 9.59 Å². The van der Waals surface area contributed by atoms with E-state index in [9.17, 15) is 20.1 Å². The molecular weight excluding hydrogens is 500 g/mol. The van der Waals surface area contributed by atoms with Crippen molar-refractivity contribution >= 4 is 44.5 Å². The topological polar surface area (TPSA) is 106 Å². The summed E-state index contributed by atoms with van der Waals surface area (Å²) in [5.41, 5.74) is 3.61. The molecule has 0 aliphatic heterocycles. The van der Waals surface area contributed by atoms with E-state index in [4.69, 9.17) is 0 Å². The molecule has 2 amide bonds. The number of nitriles is 2. The second-order valence-electron chi connectivity index (χ2n) is 10.7. The third-order valence-electron chi connectivity index (χ3n) is 7.56. The lowest BCUT2D eigenvalue weighted by atomic mass is 9.88. The van der Waals surface area contributed by atoms with E-state index in [1.54, 1.807) is 22.7 Å². The first-order valence-corrected chi connectivity index (χ1v) is 15.2. The number of nitrogens with zero attached hydrogens (tertiary/aromatic N) is 2. The fourth-order valence-electron chi connectivity index (χ4n) is 5.39. The highest BCUT2D eigenvalue weighted by molar-refractivity contribution is 7.17.